The molecule has 1 atom stereocenters. The van der Waals surface area contributed by atoms with Gasteiger partial charge in [-0.2, -0.15) is 5.10 Å². The number of ether oxygens (including phenoxy) is 3. The van der Waals surface area contributed by atoms with Crippen LogP contribution in [0.1, 0.15) is 36.9 Å². The molecule has 1 fully saturated rings. The Labute approximate surface area is 178 Å². The molecule has 2 aliphatic rings. The number of hydrogen-bond acceptors (Lipinski definition) is 7. The number of benzene rings is 1. The van der Waals surface area contributed by atoms with Gasteiger partial charge in [0.25, 0.3) is 0 Å². The molecule has 1 saturated heterocycles. The van der Waals surface area contributed by atoms with E-state index in [1.807, 2.05) is 23.0 Å². The second-order valence-corrected chi connectivity index (χ2v) is 8.54. The number of carbonyl (C=O) groups is 1. The summed E-state index contributed by atoms with van der Waals surface area (Å²) in [6, 6.07) is 6.07. The van der Waals surface area contributed by atoms with Gasteiger partial charge in [-0.05, 0) is 43.9 Å². The van der Waals surface area contributed by atoms with E-state index in [0.29, 0.717) is 32.6 Å². The molecule has 3 aromatic rings. The van der Waals surface area contributed by atoms with Crippen LogP contribution in [0.4, 0.5) is 4.79 Å². The Morgan fingerprint density at radius 3 is 3.00 bits per heavy atom. The molecule has 8 nitrogen and oxygen atoms in total. The Balaban J connectivity index is 1.55. The summed E-state index contributed by atoms with van der Waals surface area (Å²) in [6.45, 7) is 2.07. The van der Waals surface area contributed by atoms with Gasteiger partial charge in [0.05, 0.1) is 28.6 Å². The average molecular weight is 429 g/mol. The monoisotopic (exact) mass is 428 g/mol. The van der Waals surface area contributed by atoms with E-state index in [0.717, 1.165) is 58.1 Å². The van der Waals surface area contributed by atoms with Gasteiger partial charge in [-0.3, -0.25) is 0 Å². The standard InChI is InChI=1S/C21H24N4O4S/c26-21-22-8-3-10-27-14-5-6-16-15(12-14)20(17-13-23-18(30-17)7-11-29-21)24-25(16)19-4-1-2-9-28-19/h5-6,12-13,19H,1-4,7-11H2,(H,22,26). The second kappa shape index (κ2) is 8.61. The van der Waals surface area contributed by atoms with E-state index in [4.69, 9.17) is 19.3 Å². The maximum atomic E-state index is 11.7. The predicted molar refractivity (Wildman–Crippen MR) is 113 cm³/mol. The number of rotatable bonds is 1. The van der Waals surface area contributed by atoms with Crippen molar-refractivity contribution in [2.45, 2.75) is 38.3 Å². The van der Waals surface area contributed by atoms with Crippen molar-refractivity contribution in [2.75, 3.05) is 26.4 Å². The van der Waals surface area contributed by atoms with E-state index in [1.165, 1.54) is 0 Å². The van der Waals surface area contributed by atoms with Crippen molar-refractivity contribution in [3.05, 3.63) is 29.4 Å². The molecule has 0 saturated carbocycles. The summed E-state index contributed by atoms with van der Waals surface area (Å²) in [5.41, 5.74) is 1.93. The van der Waals surface area contributed by atoms with Crippen LogP contribution in [-0.4, -0.2) is 47.2 Å². The van der Waals surface area contributed by atoms with Crippen LogP contribution < -0.4 is 10.1 Å². The first-order valence-electron chi connectivity index (χ1n) is 10.4. The SMILES string of the molecule is O=C1NCCCOc2ccc3c(c2)c(nn3C2CCCCO2)-c2cnc(s2)CCO1. The molecular formula is C21H24N4O4S. The topological polar surface area (TPSA) is 87.5 Å². The highest BCUT2D eigenvalue weighted by molar-refractivity contribution is 7.15. The number of alkyl carbamates (subject to hydrolysis) is 1. The summed E-state index contributed by atoms with van der Waals surface area (Å²) in [7, 11) is 0. The summed E-state index contributed by atoms with van der Waals surface area (Å²) in [5.74, 6) is 0.785. The van der Waals surface area contributed by atoms with E-state index in [2.05, 4.69) is 16.4 Å². The second-order valence-electron chi connectivity index (χ2n) is 7.43. The first-order valence-corrected chi connectivity index (χ1v) is 11.2. The fourth-order valence-corrected chi connectivity index (χ4v) is 4.70. The Morgan fingerprint density at radius 1 is 1.13 bits per heavy atom. The number of cyclic esters (lactones) is 1. The summed E-state index contributed by atoms with van der Waals surface area (Å²) in [6.07, 6.45) is 5.86. The van der Waals surface area contributed by atoms with Gasteiger partial charge in [0.1, 0.15) is 11.4 Å². The fraction of sp³-hybridized carbons (Fsp3) is 0.476. The van der Waals surface area contributed by atoms with Crippen LogP contribution in [0.5, 0.6) is 5.75 Å². The third-order valence-electron chi connectivity index (χ3n) is 5.30. The number of nitrogens with zero attached hydrogens (tertiary/aromatic N) is 3. The number of carbonyl (C=O) groups excluding carboxylic acids is 1. The minimum absolute atomic E-state index is 0.0474. The summed E-state index contributed by atoms with van der Waals surface area (Å²) in [5, 5.41) is 9.64. The number of amides is 1. The summed E-state index contributed by atoms with van der Waals surface area (Å²) >= 11 is 1.57. The van der Waals surface area contributed by atoms with E-state index < -0.39 is 6.09 Å². The van der Waals surface area contributed by atoms with Gasteiger partial charge in [-0.25, -0.2) is 14.5 Å². The largest absolute Gasteiger partial charge is 0.494 e. The third kappa shape index (κ3) is 3.99. The highest BCUT2D eigenvalue weighted by Crippen LogP contribution is 2.36. The molecule has 4 heterocycles. The van der Waals surface area contributed by atoms with Gasteiger partial charge in [-0.15, -0.1) is 11.3 Å². The zero-order chi connectivity index (χ0) is 20.3. The van der Waals surface area contributed by atoms with E-state index in [1.54, 1.807) is 11.3 Å². The average Bonchev–Trinajstić information content (AvgIpc) is 3.38. The lowest BCUT2D eigenvalue weighted by Crippen LogP contribution is -2.27. The van der Waals surface area contributed by atoms with Gasteiger partial charge in [0.15, 0.2) is 6.23 Å². The molecule has 1 amide bonds. The first-order chi connectivity index (χ1) is 14.8. The maximum absolute atomic E-state index is 11.7. The normalized spacial score (nSPS) is 20.5. The molecule has 0 aliphatic carbocycles. The third-order valence-corrected chi connectivity index (χ3v) is 6.37. The van der Waals surface area contributed by atoms with Crippen molar-refractivity contribution >= 4 is 28.3 Å². The maximum Gasteiger partial charge on any atom is 0.407 e. The number of thiazole rings is 1. The number of aromatic nitrogens is 3. The van der Waals surface area contributed by atoms with Crippen LogP contribution in [0, 0.1) is 0 Å². The van der Waals surface area contributed by atoms with Gasteiger partial charge in [0.2, 0.25) is 0 Å². The lowest BCUT2D eigenvalue weighted by molar-refractivity contribution is -0.0365. The Hall–Kier alpha value is -2.65. The molecule has 2 aliphatic heterocycles. The molecule has 9 heteroatoms. The molecule has 4 bridgehead atoms. The van der Waals surface area contributed by atoms with E-state index in [9.17, 15) is 4.79 Å². The highest BCUT2D eigenvalue weighted by atomic mass is 32.1. The molecule has 2 aromatic heterocycles. The molecule has 1 aromatic carbocycles. The molecule has 158 valence electrons. The molecule has 0 spiro atoms. The fourth-order valence-electron chi connectivity index (χ4n) is 3.80. The molecule has 5 rings (SSSR count). The first kappa shape index (κ1) is 19.3. The van der Waals surface area contributed by atoms with Crippen LogP contribution in [-0.2, 0) is 15.9 Å². The summed E-state index contributed by atoms with van der Waals surface area (Å²) < 4.78 is 19.2. The zero-order valence-corrected chi connectivity index (χ0v) is 17.5. The van der Waals surface area contributed by atoms with Crippen molar-refractivity contribution in [3.63, 3.8) is 0 Å². The van der Waals surface area contributed by atoms with Gasteiger partial charge < -0.3 is 19.5 Å². The van der Waals surface area contributed by atoms with E-state index >= 15 is 0 Å². The molecular weight excluding hydrogens is 404 g/mol. The zero-order valence-electron chi connectivity index (χ0n) is 16.6. The minimum Gasteiger partial charge on any atom is -0.494 e. The molecule has 1 unspecified atom stereocenters. The van der Waals surface area contributed by atoms with Crippen molar-refractivity contribution in [1.29, 1.82) is 0 Å². The van der Waals surface area contributed by atoms with Crippen molar-refractivity contribution in [2.24, 2.45) is 0 Å². The van der Waals surface area contributed by atoms with Gasteiger partial charge in [-0.1, -0.05) is 0 Å². The number of fused-ring (bicyclic) bond motifs is 4. The van der Waals surface area contributed by atoms with Crippen molar-refractivity contribution < 1.29 is 19.0 Å². The van der Waals surface area contributed by atoms with Crippen molar-refractivity contribution in [1.82, 2.24) is 20.1 Å². The Bertz CT molecular complexity index is 1040. The number of hydrogen-bond donors (Lipinski definition) is 1. The van der Waals surface area contributed by atoms with Crippen LogP contribution in [0.25, 0.3) is 21.5 Å². The smallest absolute Gasteiger partial charge is 0.407 e. The van der Waals surface area contributed by atoms with Crippen LogP contribution >= 0.6 is 11.3 Å². The van der Waals surface area contributed by atoms with Gasteiger partial charge >= 0.3 is 6.09 Å². The van der Waals surface area contributed by atoms with Crippen LogP contribution in [0.3, 0.4) is 0 Å². The predicted octanol–water partition coefficient (Wildman–Crippen LogP) is 3.91. The van der Waals surface area contributed by atoms with Crippen LogP contribution in [0.15, 0.2) is 24.4 Å². The van der Waals surface area contributed by atoms with Gasteiger partial charge in [0, 0.05) is 31.2 Å². The minimum atomic E-state index is -0.409. The van der Waals surface area contributed by atoms with E-state index in [-0.39, 0.29) is 6.23 Å². The molecule has 0 radical (unpaired) electrons. The lowest BCUT2D eigenvalue weighted by Gasteiger charge is -2.23. The molecule has 30 heavy (non-hydrogen) atoms. The quantitative estimate of drug-likeness (QED) is 0.632. The highest BCUT2D eigenvalue weighted by Gasteiger charge is 2.23. The van der Waals surface area contributed by atoms with Crippen molar-refractivity contribution in [3.8, 4) is 16.3 Å². The summed E-state index contributed by atoms with van der Waals surface area (Å²) in [4.78, 5) is 17.2. The Kier molecular flexibility index (Phi) is 5.54. The van der Waals surface area contributed by atoms with Crippen LogP contribution in [0.2, 0.25) is 0 Å². The number of nitrogens with one attached hydrogen (secondary N) is 1. The molecule has 1 N–H and O–H groups in total. The lowest BCUT2D eigenvalue weighted by atomic mass is 10.1. The Morgan fingerprint density at radius 2 is 2.10 bits per heavy atom.